The number of phenols is 1. The quantitative estimate of drug-likeness (QED) is 0.249. The number of piperidine rings is 1. The Kier molecular flexibility index (Phi) is 6.81. The maximum atomic E-state index is 12.9. The average Bonchev–Trinajstić information content (AvgIpc) is 3.64. The summed E-state index contributed by atoms with van der Waals surface area (Å²) in [6, 6.07) is 9.38. The molecule has 1 aliphatic rings. The average molecular weight is 567 g/mol. The minimum atomic E-state index is -4.27. The smallest absolute Gasteiger partial charge is 0.393 e. The van der Waals surface area contributed by atoms with Gasteiger partial charge in [-0.2, -0.15) is 23.5 Å². The summed E-state index contributed by atoms with van der Waals surface area (Å²) < 4.78 is 40.4. The Morgan fingerprint density at radius 1 is 1.15 bits per heavy atom. The van der Waals surface area contributed by atoms with Crippen LogP contribution in [0.25, 0.3) is 21.1 Å². The van der Waals surface area contributed by atoms with E-state index in [1.807, 2.05) is 16.7 Å². The highest BCUT2D eigenvalue weighted by Gasteiger charge is 2.29. The highest BCUT2D eigenvalue weighted by Crippen LogP contribution is 2.34. The summed E-state index contributed by atoms with van der Waals surface area (Å²) in [5.41, 5.74) is 3.01. The normalized spacial score (nSPS) is 15.2. The van der Waals surface area contributed by atoms with E-state index in [9.17, 15) is 23.5 Å². The van der Waals surface area contributed by atoms with Crippen molar-refractivity contribution in [2.45, 2.75) is 44.6 Å². The molecule has 9 nitrogen and oxygen atoms in total. The molecule has 1 fully saturated rings. The molecule has 4 aromatic heterocycles. The van der Waals surface area contributed by atoms with Crippen molar-refractivity contribution in [3.8, 4) is 11.8 Å². The second kappa shape index (κ2) is 10.4. The number of hydrogen-bond donors (Lipinski definition) is 3. The molecule has 5 aromatic rings. The van der Waals surface area contributed by atoms with Crippen LogP contribution in [0.3, 0.4) is 0 Å². The highest BCUT2D eigenvalue weighted by atomic mass is 32.1. The van der Waals surface area contributed by atoms with Gasteiger partial charge in [0.25, 0.3) is 0 Å². The summed E-state index contributed by atoms with van der Waals surface area (Å²) in [5, 5.41) is 32.2. The van der Waals surface area contributed by atoms with Crippen LogP contribution in [0.15, 0.2) is 43.0 Å². The lowest BCUT2D eigenvalue weighted by atomic mass is 10.0. The molecule has 0 atom stereocenters. The number of likely N-dealkylation sites (tertiary alicyclic amines) is 1. The van der Waals surface area contributed by atoms with Gasteiger partial charge in [0.15, 0.2) is 0 Å². The Labute approximate surface area is 230 Å². The number of benzene rings is 1. The number of phenolic OH excluding ortho intramolecular Hbond substituents is 1. The summed E-state index contributed by atoms with van der Waals surface area (Å²) in [7, 11) is 0. The van der Waals surface area contributed by atoms with E-state index in [0.717, 1.165) is 59.3 Å². The van der Waals surface area contributed by atoms with Gasteiger partial charge in [0.1, 0.15) is 34.5 Å². The third-order valence-electron chi connectivity index (χ3n) is 7.19. The number of H-pyrrole nitrogens is 1. The second-order valence-corrected chi connectivity index (χ2v) is 11.1. The summed E-state index contributed by atoms with van der Waals surface area (Å²) in [4.78, 5) is 11.5. The number of alkyl halides is 3. The molecule has 0 aliphatic carbocycles. The van der Waals surface area contributed by atoms with Crippen LogP contribution in [0.4, 0.5) is 19.0 Å². The molecule has 40 heavy (non-hydrogen) atoms. The maximum Gasteiger partial charge on any atom is 0.393 e. The standard InChI is InChI=1S/C27H25F3N8OS/c28-27(29,30)9-21-7-22-25(32-15-33-26(22)40-21)36-19-1-3-37(4-2-19)14-18-5-17-6-20(10-31)38(23(17)8-24(18)39)13-16-11-34-35-12-16/h5-8,11-12,15,19,39H,1-4,9,13-14H2,(H,34,35)(H,32,33,36). The van der Waals surface area contributed by atoms with Gasteiger partial charge in [-0.15, -0.1) is 11.3 Å². The van der Waals surface area contributed by atoms with Gasteiger partial charge in [-0.05, 0) is 31.0 Å². The number of thiophene rings is 1. The van der Waals surface area contributed by atoms with Crippen LogP contribution in [0.5, 0.6) is 5.75 Å². The summed E-state index contributed by atoms with van der Waals surface area (Å²) in [5.74, 6) is 0.740. The van der Waals surface area contributed by atoms with Gasteiger partial charge in [-0.25, -0.2) is 9.97 Å². The number of aromatic hydroxyl groups is 1. The molecule has 0 saturated carbocycles. The molecule has 206 valence electrons. The zero-order chi connectivity index (χ0) is 27.9. The predicted octanol–water partition coefficient (Wildman–Crippen LogP) is 5.18. The van der Waals surface area contributed by atoms with Gasteiger partial charge < -0.3 is 15.0 Å². The second-order valence-electron chi connectivity index (χ2n) is 10.0. The van der Waals surface area contributed by atoms with Gasteiger partial charge in [-0.3, -0.25) is 10.00 Å². The number of nitrogens with one attached hydrogen (secondary N) is 2. The van der Waals surface area contributed by atoms with Crippen molar-refractivity contribution in [1.29, 1.82) is 5.26 Å². The number of hydrogen-bond acceptors (Lipinski definition) is 8. The SMILES string of the molecule is N#Cc1cc2cc(CN3CCC(Nc4ncnc5sc(CC(F)(F)F)cc45)CC3)c(O)cc2n1Cc1cn[nH]c1. The highest BCUT2D eigenvalue weighted by molar-refractivity contribution is 7.18. The van der Waals surface area contributed by atoms with Crippen molar-refractivity contribution in [3.05, 3.63) is 64.7 Å². The molecule has 6 rings (SSSR count). The van der Waals surface area contributed by atoms with Crippen molar-refractivity contribution < 1.29 is 18.3 Å². The minimum Gasteiger partial charge on any atom is -0.508 e. The molecule has 0 spiro atoms. The van der Waals surface area contributed by atoms with Crippen molar-refractivity contribution in [1.82, 2.24) is 29.6 Å². The number of nitriles is 1. The van der Waals surface area contributed by atoms with Crippen LogP contribution in [-0.4, -0.2) is 60.0 Å². The van der Waals surface area contributed by atoms with Gasteiger partial charge >= 0.3 is 6.18 Å². The van der Waals surface area contributed by atoms with E-state index in [4.69, 9.17) is 0 Å². The van der Waals surface area contributed by atoms with Crippen molar-refractivity contribution in [2.75, 3.05) is 18.4 Å². The van der Waals surface area contributed by atoms with Crippen LogP contribution >= 0.6 is 11.3 Å². The van der Waals surface area contributed by atoms with Crippen LogP contribution in [0.2, 0.25) is 0 Å². The third kappa shape index (κ3) is 5.45. The Balaban J connectivity index is 1.12. The first-order valence-electron chi connectivity index (χ1n) is 12.8. The maximum absolute atomic E-state index is 12.9. The number of aromatic nitrogens is 5. The van der Waals surface area contributed by atoms with Crippen molar-refractivity contribution in [2.24, 2.45) is 0 Å². The third-order valence-corrected chi connectivity index (χ3v) is 8.23. The zero-order valence-corrected chi connectivity index (χ0v) is 22.1. The van der Waals surface area contributed by atoms with E-state index in [-0.39, 0.29) is 16.7 Å². The van der Waals surface area contributed by atoms with E-state index in [0.29, 0.717) is 34.8 Å². The van der Waals surface area contributed by atoms with E-state index in [1.165, 1.54) is 12.4 Å². The van der Waals surface area contributed by atoms with Crippen molar-refractivity contribution in [3.63, 3.8) is 0 Å². The molecular weight excluding hydrogens is 541 g/mol. The lowest BCUT2D eigenvalue weighted by Crippen LogP contribution is -2.38. The van der Waals surface area contributed by atoms with Crippen molar-refractivity contribution >= 4 is 38.3 Å². The fraction of sp³-hybridized carbons (Fsp3) is 0.333. The molecule has 0 amide bonds. The molecular formula is C27H25F3N8OS. The largest absolute Gasteiger partial charge is 0.508 e. The molecule has 5 heterocycles. The fourth-order valence-electron chi connectivity index (χ4n) is 5.26. The molecule has 0 unspecified atom stereocenters. The monoisotopic (exact) mass is 566 g/mol. The first-order chi connectivity index (χ1) is 19.3. The number of halogens is 3. The van der Waals surface area contributed by atoms with Gasteiger partial charge in [0.05, 0.1) is 30.1 Å². The molecule has 0 radical (unpaired) electrons. The Bertz CT molecular complexity index is 1690. The molecule has 0 bridgehead atoms. The topological polar surface area (TPSA) is 119 Å². The van der Waals surface area contributed by atoms with Crippen LogP contribution < -0.4 is 5.32 Å². The summed E-state index contributed by atoms with van der Waals surface area (Å²) >= 11 is 1.04. The van der Waals surface area contributed by atoms with Gasteiger partial charge in [0, 0.05) is 59.3 Å². The molecule has 1 aliphatic heterocycles. The Morgan fingerprint density at radius 2 is 1.98 bits per heavy atom. The molecule has 3 N–H and O–H groups in total. The number of fused-ring (bicyclic) bond motifs is 2. The number of nitrogens with zero attached hydrogens (tertiary/aromatic N) is 6. The van der Waals surface area contributed by atoms with Crippen LogP contribution in [0, 0.1) is 11.3 Å². The summed E-state index contributed by atoms with van der Waals surface area (Å²) in [6.07, 6.45) is 1.25. The van der Waals surface area contributed by atoms with E-state index in [1.54, 1.807) is 18.5 Å². The van der Waals surface area contributed by atoms with E-state index >= 15 is 0 Å². The fourth-order valence-corrected chi connectivity index (χ4v) is 6.28. The van der Waals surface area contributed by atoms with E-state index < -0.39 is 12.6 Å². The number of rotatable bonds is 7. The molecule has 13 heteroatoms. The lowest BCUT2D eigenvalue weighted by Gasteiger charge is -2.32. The van der Waals surface area contributed by atoms with Gasteiger partial charge in [0.2, 0.25) is 0 Å². The zero-order valence-electron chi connectivity index (χ0n) is 21.2. The number of anilines is 1. The summed E-state index contributed by atoms with van der Waals surface area (Å²) in [6.45, 7) is 2.58. The van der Waals surface area contributed by atoms with Crippen LogP contribution in [0.1, 0.15) is 34.5 Å². The minimum absolute atomic E-state index is 0.117. The lowest BCUT2D eigenvalue weighted by molar-refractivity contribution is -0.126. The van der Waals surface area contributed by atoms with Crippen LogP contribution in [-0.2, 0) is 19.5 Å². The predicted molar refractivity (Wildman–Crippen MR) is 145 cm³/mol. The molecule has 1 saturated heterocycles. The molecule has 1 aromatic carbocycles. The van der Waals surface area contributed by atoms with E-state index in [2.05, 4.69) is 36.5 Å². The first-order valence-corrected chi connectivity index (χ1v) is 13.6. The number of aromatic amines is 1. The Morgan fingerprint density at radius 3 is 2.70 bits per heavy atom. The first kappa shape index (κ1) is 26.1. The van der Waals surface area contributed by atoms with Gasteiger partial charge in [-0.1, -0.05) is 0 Å². The Hall–Kier alpha value is -4.15.